The van der Waals surface area contributed by atoms with Crippen LogP contribution in [-0.4, -0.2) is 24.4 Å². The number of para-hydroxylation sites is 1. The molecule has 0 atom stereocenters. The summed E-state index contributed by atoms with van der Waals surface area (Å²) in [6, 6.07) is 22.1. The van der Waals surface area contributed by atoms with Crippen LogP contribution in [0.3, 0.4) is 0 Å². The highest BCUT2D eigenvalue weighted by Crippen LogP contribution is 2.19. The Balaban J connectivity index is 1.60. The van der Waals surface area contributed by atoms with E-state index in [4.69, 9.17) is 4.42 Å². The van der Waals surface area contributed by atoms with Crippen LogP contribution >= 0.6 is 0 Å². The van der Waals surface area contributed by atoms with Gasteiger partial charge in [0.2, 0.25) is 5.91 Å². The summed E-state index contributed by atoms with van der Waals surface area (Å²) >= 11 is 0. The van der Waals surface area contributed by atoms with Crippen molar-refractivity contribution in [1.82, 2.24) is 4.90 Å². The summed E-state index contributed by atoms with van der Waals surface area (Å²) in [5.74, 6) is 1.71. The number of aryl methyl sites for hydroxylation is 1. The van der Waals surface area contributed by atoms with Crippen molar-refractivity contribution >= 4 is 11.6 Å². The summed E-state index contributed by atoms with van der Waals surface area (Å²) in [6.45, 7) is 2.83. The molecule has 26 heavy (non-hydrogen) atoms. The van der Waals surface area contributed by atoms with Gasteiger partial charge >= 0.3 is 0 Å². The van der Waals surface area contributed by atoms with Gasteiger partial charge in [-0.3, -0.25) is 9.69 Å². The van der Waals surface area contributed by atoms with Gasteiger partial charge < -0.3 is 9.73 Å². The molecule has 1 N–H and O–H groups in total. The van der Waals surface area contributed by atoms with E-state index in [9.17, 15) is 4.79 Å². The van der Waals surface area contributed by atoms with Crippen LogP contribution in [0, 0.1) is 6.92 Å². The van der Waals surface area contributed by atoms with E-state index in [1.165, 1.54) is 5.56 Å². The normalized spacial score (nSPS) is 10.9. The Labute approximate surface area is 154 Å². The van der Waals surface area contributed by atoms with E-state index in [1.807, 2.05) is 67.4 Å². The highest BCUT2D eigenvalue weighted by molar-refractivity contribution is 5.93. The third kappa shape index (κ3) is 5.07. The van der Waals surface area contributed by atoms with Gasteiger partial charge in [0.1, 0.15) is 11.5 Å². The SMILES string of the molecule is Cc1ccc(CN(C)CC(=O)Nc2ccccc2Cc2ccccc2)o1. The quantitative estimate of drug-likeness (QED) is 0.694. The van der Waals surface area contributed by atoms with E-state index in [1.54, 1.807) is 0 Å². The van der Waals surface area contributed by atoms with Gasteiger partial charge in [-0.2, -0.15) is 0 Å². The summed E-state index contributed by atoms with van der Waals surface area (Å²) in [7, 11) is 1.91. The van der Waals surface area contributed by atoms with Gasteiger partial charge in [0.05, 0.1) is 13.1 Å². The van der Waals surface area contributed by atoms with Gasteiger partial charge in [-0.05, 0) is 49.7 Å². The number of amides is 1. The third-order valence-corrected chi connectivity index (χ3v) is 4.16. The highest BCUT2D eigenvalue weighted by atomic mass is 16.3. The van der Waals surface area contributed by atoms with Crippen LogP contribution in [0.15, 0.2) is 71.1 Å². The van der Waals surface area contributed by atoms with E-state index in [-0.39, 0.29) is 5.91 Å². The molecule has 1 heterocycles. The van der Waals surface area contributed by atoms with Crippen molar-refractivity contribution in [1.29, 1.82) is 0 Å². The van der Waals surface area contributed by atoms with Crippen LogP contribution in [0.1, 0.15) is 22.6 Å². The molecule has 0 spiro atoms. The first-order chi connectivity index (χ1) is 12.6. The summed E-state index contributed by atoms with van der Waals surface area (Å²) in [5.41, 5.74) is 3.19. The molecule has 0 saturated heterocycles. The number of likely N-dealkylation sites (N-methyl/N-ethyl adjacent to an activating group) is 1. The Morgan fingerprint density at radius 2 is 1.73 bits per heavy atom. The van der Waals surface area contributed by atoms with E-state index in [2.05, 4.69) is 23.5 Å². The smallest absolute Gasteiger partial charge is 0.238 e. The van der Waals surface area contributed by atoms with E-state index in [0.29, 0.717) is 13.1 Å². The lowest BCUT2D eigenvalue weighted by molar-refractivity contribution is -0.117. The number of rotatable bonds is 7. The van der Waals surface area contributed by atoms with Crippen molar-refractivity contribution in [3.8, 4) is 0 Å². The minimum absolute atomic E-state index is 0.0312. The monoisotopic (exact) mass is 348 g/mol. The van der Waals surface area contributed by atoms with Gasteiger partial charge in [-0.25, -0.2) is 0 Å². The maximum absolute atomic E-state index is 12.4. The lowest BCUT2D eigenvalue weighted by atomic mass is 10.0. The number of nitrogens with one attached hydrogen (secondary N) is 1. The molecular weight excluding hydrogens is 324 g/mol. The predicted molar refractivity (Wildman–Crippen MR) is 104 cm³/mol. The average molecular weight is 348 g/mol. The summed E-state index contributed by atoms with van der Waals surface area (Å²) in [4.78, 5) is 14.4. The van der Waals surface area contributed by atoms with E-state index >= 15 is 0 Å². The minimum Gasteiger partial charge on any atom is -0.465 e. The van der Waals surface area contributed by atoms with Crippen LogP contribution in [0.2, 0.25) is 0 Å². The Bertz CT molecular complexity index is 855. The molecule has 0 radical (unpaired) electrons. The molecule has 1 amide bonds. The van der Waals surface area contributed by atoms with Crippen LogP contribution in [0.5, 0.6) is 0 Å². The van der Waals surface area contributed by atoms with Gasteiger partial charge in [-0.1, -0.05) is 48.5 Å². The molecule has 0 aliphatic carbocycles. The minimum atomic E-state index is -0.0312. The average Bonchev–Trinajstić information content (AvgIpc) is 3.02. The molecule has 0 unspecified atom stereocenters. The maximum Gasteiger partial charge on any atom is 0.238 e. The number of carbonyl (C=O) groups is 1. The van der Waals surface area contributed by atoms with Crippen molar-refractivity contribution < 1.29 is 9.21 Å². The van der Waals surface area contributed by atoms with Crippen molar-refractivity contribution in [2.24, 2.45) is 0 Å². The lowest BCUT2D eigenvalue weighted by Gasteiger charge is -2.16. The first kappa shape index (κ1) is 18.0. The predicted octanol–water partition coefficient (Wildman–Crippen LogP) is 4.25. The molecule has 2 aromatic carbocycles. The molecule has 0 saturated carbocycles. The number of anilines is 1. The molecule has 3 rings (SSSR count). The number of carbonyl (C=O) groups excluding carboxylic acids is 1. The molecular formula is C22H24N2O2. The summed E-state index contributed by atoms with van der Waals surface area (Å²) in [5, 5.41) is 3.04. The second-order valence-corrected chi connectivity index (χ2v) is 6.55. The summed E-state index contributed by atoms with van der Waals surface area (Å²) < 4.78 is 5.57. The fourth-order valence-electron chi connectivity index (χ4n) is 2.94. The lowest BCUT2D eigenvalue weighted by Crippen LogP contribution is -2.30. The van der Waals surface area contributed by atoms with Crippen molar-refractivity contribution in [2.45, 2.75) is 19.9 Å². The zero-order chi connectivity index (χ0) is 18.4. The molecule has 3 aromatic rings. The summed E-state index contributed by atoms with van der Waals surface area (Å²) in [6.07, 6.45) is 0.790. The number of hydrogen-bond donors (Lipinski definition) is 1. The Kier molecular flexibility index (Phi) is 5.87. The Hall–Kier alpha value is -2.85. The second kappa shape index (κ2) is 8.50. The first-order valence-electron chi connectivity index (χ1n) is 8.75. The Morgan fingerprint density at radius 3 is 2.46 bits per heavy atom. The zero-order valence-electron chi connectivity index (χ0n) is 15.2. The standard InChI is InChI=1S/C22H24N2O2/c1-17-12-13-20(26-17)15-24(2)16-22(25)23-21-11-7-6-10-19(21)14-18-8-4-3-5-9-18/h3-13H,14-16H2,1-2H3,(H,23,25). The van der Waals surface area contributed by atoms with Gasteiger partial charge in [0.25, 0.3) is 0 Å². The fourth-order valence-corrected chi connectivity index (χ4v) is 2.94. The van der Waals surface area contributed by atoms with Crippen LogP contribution < -0.4 is 5.32 Å². The molecule has 4 nitrogen and oxygen atoms in total. The number of nitrogens with zero attached hydrogens (tertiary/aromatic N) is 1. The molecule has 1 aromatic heterocycles. The Morgan fingerprint density at radius 1 is 1.00 bits per heavy atom. The third-order valence-electron chi connectivity index (χ3n) is 4.16. The van der Waals surface area contributed by atoms with E-state index in [0.717, 1.165) is 29.2 Å². The largest absolute Gasteiger partial charge is 0.465 e. The van der Waals surface area contributed by atoms with Gasteiger partial charge in [-0.15, -0.1) is 0 Å². The number of hydrogen-bond acceptors (Lipinski definition) is 3. The van der Waals surface area contributed by atoms with Crippen LogP contribution in [0.25, 0.3) is 0 Å². The first-order valence-corrected chi connectivity index (χ1v) is 8.75. The van der Waals surface area contributed by atoms with Crippen LogP contribution in [-0.2, 0) is 17.8 Å². The zero-order valence-corrected chi connectivity index (χ0v) is 15.2. The van der Waals surface area contributed by atoms with Crippen molar-refractivity contribution in [2.75, 3.05) is 18.9 Å². The van der Waals surface area contributed by atoms with Crippen molar-refractivity contribution in [3.63, 3.8) is 0 Å². The molecule has 0 bridgehead atoms. The number of furan rings is 1. The second-order valence-electron chi connectivity index (χ2n) is 6.55. The molecule has 0 aliphatic rings. The fraction of sp³-hybridized carbons (Fsp3) is 0.227. The molecule has 0 fully saturated rings. The van der Waals surface area contributed by atoms with Crippen molar-refractivity contribution in [3.05, 3.63) is 89.4 Å². The molecule has 134 valence electrons. The van der Waals surface area contributed by atoms with Gasteiger partial charge in [0.15, 0.2) is 0 Å². The number of benzene rings is 2. The molecule has 0 aliphatic heterocycles. The maximum atomic E-state index is 12.4. The van der Waals surface area contributed by atoms with E-state index < -0.39 is 0 Å². The van der Waals surface area contributed by atoms with Crippen LogP contribution in [0.4, 0.5) is 5.69 Å². The highest BCUT2D eigenvalue weighted by Gasteiger charge is 2.11. The topological polar surface area (TPSA) is 45.5 Å². The van der Waals surface area contributed by atoms with Gasteiger partial charge in [0, 0.05) is 5.69 Å². The molecule has 4 heteroatoms.